The Morgan fingerprint density at radius 2 is 2.21 bits per heavy atom. The van der Waals surface area contributed by atoms with Crippen LogP contribution >= 0.6 is 0 Å². The Hall–Kier alpha value is -2.64. The highest BCUT2D eigenvalue weighted by Gasteiger charge is 2.25. The summed E-state index contributed by atoms with van der Waals surface area (Å²) in [7, 11) is 0. The van der Waals surface area contributed by atoms with Crippen molar-refractivity contribution in [3.63, 3.8) is 0 Å². The van der Waals surface area contributed by atoms with Crippen molar-refractivity contribution in [2.45, 2.75) is 26.4 Å². The summed E-state index contributed by atoms with van der Waals surface area (Å²) in [5.74, 6) is 0.670. The van der Waals surface area contributed by atoms with Gasteiger partial charge in [0.2, 0.25) is 5.90 Å². The molecular weight excluding hydrogens is 368 g/mol. The molecule has 1 saturated heterocycles. The number of nitrogens with one attached hydrogen (secondary N) is 1. The third-order valence-electron chi connectivity index (χ3n) is 5.75. The summed E-state index contributed by atoms with van der Waals surface area (Å²) in [6.07, 6.45) is 3.04. The predicted molar refractivity (Wildman–Crippen MR) is 111 cm³/mol. The first-order valence-corrected chi connectivity index (χ1v) is 10.2. The van der Waals surface area contributed by atoms with E-state index in [4.69, 9.17) is 14.2 Å². The summed E-state index contributed by atoms with van der Waals surface area (Å²) in [5, 5.41) is 7.43. The Morgan fingerprint density at radius 1 is 1.28 bits per heavy atom. The third-order valence-corrected chi connectivity index (χ3v) is 5.75. The lowest BCUT2D eigenvalue weighted by Crippen LogP contribution is -2.35. The lowest BCUT2D eigenvalue weighted by Gasteiger charge is -2.34. The lowest BCUT2D eigenvalue weighted by molar-refractivity contribution is -0.103. The number of hydrogen-bond acceptors (Lipinski definition) is 6. The largest absolute Gasteiger partial charge is 0.475 e. The van der Waals surface area contributed by atoms with Crippen LogP contribution in [-0.2, 0) is 20.6 Å². The highest BCUT2D eigenvalue weighted by Crippen LogP contribution is 2.34. The molecule has 2 aromatic rings. The van der Waals surface area contributed by atoms with Gasteiger partial charge in [0.1, 0.15) is 19.4 Å². The molecule has 7 nitrogen and oxygen atoms in total. The van der Waals surface area contributed by atoms with Gasteiger partial charge in [-0.3, -0.25) is 5.10 Å². The molecule has 1 unspecified atom stereocenters. The maximum absolute atomic E-state index is 5.93. The molecule has 0 saturated carbocycles. The molecule has 0 radical (unpaired) electrons. The third kappa shape index (κ3) is 3.56. The zero-order valence-electron chi connectivity index (χ0n) is 16.9. The molecule has 29 heavy (non-hydrogen) atoms. The Kier molecular flexibility index (Phi) is 4.85. The number of aromatic amines is 1. The van der Waals surface area contributed by atoms with E-state index in [0.717, 1.165) is 24.4 Å². The van der Waals surface area contributed by atoms with E-state index in [9.17, 15) is 0 Å². The fraction of sp³-hybridized carbons (Fsp3) is 0.455. The predicted octanol–water partition coefficient (Wildman–Crippen LogP) is 2.69. The molecule has 0 aliphatic carbocycles. The van der Waals surface area contributed by atoms with E-state index < -0.39 is 0 Å². The highest BCUT2D eigenvalue weighted by molar-refractivity contribution is 5.97. The number of aromatic nitrogens is 2. The van der Waals surface area contributed by atoms with Crippen molar-refractivity contribution in [3.8, 4) is 11.1 Å². The van der Waals surface area contributed by atoms with Crippen molar-refractivity contribution in [1.82, 2.24) is 15.1 Å². The maximum Gasteiger partial charge on any atom is 0.212 e. The van der Waals surface area contributed by atoms with E-state index in [0.29, 0.717) is 39.0 Å². The Morgan fingerprint density at radius 3 is 3.00 bits per heavy atom. The second-order valence-corrected chi connectivity index (χ2v) is 7.74. The summed E-state index contributed by atoms with van der Waals surface area (Å²) in [4.78, 5) is 6.90. The summed E-state index contributed by atoms with van der Waals surface area (Å²) in [5.41, 5.74) is 8.36. The van der Waals surface area contributed by atoms with E-state index in [1.54, 1.807) is 0 Å². The van der Waals surface area contributed by atoms with Gasteiger partial charge in [-0.2, -0.15) is 5.10 Å². The van der Waals surface area contributed by atoms with Gasteiger partial charge in [0.05, 0.1) is 31.2 Å². The Balaban J connectivity index is 1.38. The number of nitrogens with zero attached hydrogens (tertiary/aromatic N) is 3. The second-order valence-electron chi connectivity index (χ2n) is 7.74. The van der Waals surface area contributed by atoms with Gasteiger partial charge < -0.3 is 19.1 Å². The molecule has 152 valence electrons. The topological polar surface area (TPSA) is 72.0 Å². The van der Waals surface area contributed by atoms with Gasteiger partial charge in [-0.05, 0) is 31.4 Å². The van der Waals surface area contributed by atoms with Crippen molar-refractivity contribution in [1.29, 1.82) is 0 Å². The van der Waals surface area contributed by atoms with Crippen LogP contribution < -0.4 is 0 Å². The van der Waals surface area contributed by atoms with E-state index in [1.165, 1.54) is 28.0 Å². The smallest absolute Gasteiger partial charge is 0.212 e. The van der Waals surface area contributed by atoms with Crippen LogP contribution in [0.25, 0.3) is 16.8 Å². The van der Waals surface area contributed by atoms with Crippen LogP contribution in [0, 0.1) is 13.8 Å². The summed E-state index contributed by atoms with van der Waals surface area (Å²) >= 11 is 0. The van der Waals surface area contributed by atoms with Crippen LogP contribution in [0.3, 0.4) is 0 Å². The number of aliphatic imine (C=N–C) groups is 1. The van der Waals surface area contributed by atoms with Crippen molar-refractivity contribution >= 4 is 11.6 Å². The molecule has 1 N–H and O–H groups in total. The van der Waals surface area contributed by atoms with Crippen molar-refractivity contribution in [3.05, 3.63) is 46.8 Å². The zero-order valence-corrected chi connectivity index (χ0v) is 16.9. The average molecular weight is 394 g/mol. The number of aryl methyl sites for hydroxylation is 2. The molecule has 1 aromatic carbocycles. The fourth-order valence-corrected chi connectivity index (χ4v) is 4.26. The van der Waals surface area contributed by atoms with Gasteiger partial charge in [-0.1, -0.05) is 18.2 Å². The van der Waals surface area contributed by atoms with Crippen LogP contribution in [0.2, 0.25) is 0 Å². The lowest BCUT2D eigenvalue weighted by atomic mass is 9.91. The van der Waals surface area contributed by atoms with Gasteiger partial charge in [-0.25, -0.2) is 4.99 Å². The quantitative estimate of drug-likeness (QED) is 0.867. The van der Waals surface area contributed by atoms with Crippen LogP contribution in [0.1, 0.15) is 22.5 Å². The van der Waals surface area contributed by atoms with E-state index >= 15 is 0 Å². The first kappa shape index (κ1) is 18.4. The van der Waals surface area contributed by atoms with E-state index in [1.807, 2.05) is 6.92 Å². The summed E-state index contributed by atoms with van der Waals surface area (Å²) in [6.45, 7) is 8.04. The molecular formula is C22H26N4O3. The molecule has 0 spiro atoms. The van der Waals surface area contributed by atoms with Gasteiger partial charge in [-0.15, -0.1) is 0 Å². The molecule has 7 heteroatoms. The molecule has 3 aliphatic heterocycles. The number of rotatable bonds is 3. The Labute approximate surface area is 170 Å². The maximum atomic E-state index is 5.93. The van der Waals surface area contributed by atoms with Crippen LogP contribution in [0.5, 0.6) is 0 Å². The van der Waals surface area contributed by atoms with Gasteiger partial charge in [0.15, 0.2) is 0 Å². The minimum Gasteiger partial charge on any atom is -0.475 e. The number of benzene rings is 1. The van der Waals surface area contributed by atoms with E-state index in [-0.39, 0.29) is 6.10 Å². The number of H-pyrrole nitrogens is 1. The minimum absolute atomic E-state index is 0.0227. The molecule has 4 heterocycles. The molecule has 0 amide bonds. The van der Waals surface area contributed by atoms with Crippen LogP contribution in [0.4, 0.5) is 0 Å². The van der Waals surface area contributed by atoms with Crippen LogP contribution in [-0.4, -0.2) is 66.7 Å². The number of ether oxygens (including phenoxy) is 3. The van der Waals surface area contributed by atoms with Gasteiger partial charge >= 0.3 is 0 Å². The monoisotopic (exact) mass is 394 g/mol. The van der Waals surface area contributed by atoms with Gasteiger partial charge in [0.25, 0.3) is 0 Å². The van der Waals surface area contributed by atoms with E-state index in [2.05, 4.69) is 51.3 Å². The first-order valence-electron chi connectivity index (χ1n) is 10.2. The van der Waals surface area contributed by atoms with Crippen molar-refractivity contribution in [2.75, 3.05) is 39.6 Å². The molecule has 3 aliphatic rings. The molecule has 0 bridgehead atoms. The zero-order chi connectivity index (χ0) is 19.8. The number of fused-ring (bicyclic) bond motifs is 3. The summed E-state index contributed by atoms with van der Waals surface area (Å²) in [6, 6.07) is 6.71. The fourth-order valence-electron chi connectivity index (χ4n) is 4.26. The van der Waals surface area contributed by atoms with Crippen molar-refractivity contribution in [2.24, 2.45) is 4.99 Å². The summed E-state index contributed by atoms with van der Waals surface area (Å²) < 4.78 is 17.0. The number of hydrogen-bond donors (Lipinski definition) is 1. The van der Waals surface area contributed by atoms with Crippen molar-refractivity contribution < 1.29 is 14.2 Å². The highest BCUT2D eigenvalue weighted by atomic mass is 16.6. The molecule has 1 fully saturated rings. The molecule has 1 aromatic heterocycles. The molecule has 5 rings (SSSR count). The minimum atomic E-state index is -0.0227. The standard InChI is InChI=1S/C22H26N4O3/c1-14-22(15(2)25-24-14)17-3-4-19-16(9-17)5-6-26-13-23-21(10-20(19)26)29-12-18-11-27-7-8-28-18/h3-4,9-10,18H,5-8,11-13H2,1-2H3,(H,24,25). The second kappa shape index (κ2) is 7.65. The first-order chi connectivity index (χ1) is 14.2. The molecule has 1 atom stereocenters. The normalized spacial score (nSPS) is 21.2. The average Bonchev–Trinajstić information content (AvgIpc) is 3.10. The van der Waals surface area contributed by atoms with Crippen LogP contribution in [0.15, 0.2) is 29.3 Å². The van der Waals surface area contributed by atoms with Gasteiger partial charge in [0, 0.05) is 29.4 Å². The Bertz CT molecular complexity index is 953. The SMILES string of the molecule is Cc1n[nH]c(C)c1-c1ccc2c(c1)CCN1CN=C(OCC3COCCO3)C=C21.